The number of fused-ring (bicyclic) bond motifs is 1. The Hall–Kier alpha value is -3.05. The van der Waals surface area contributed by atoms with Gasteiger partial charge < -0.3 is 14.5 Å². The minimum Gasteiger partial charge on any atom is -0.462 e. The number of nitrogens with zero attached hydrogens (tertiary/aromatic N) is 1. The number of nitriles is 1. The zero-order valence-electron chi connectivity index (χ0n) is 19.8. The number of furan rings is 1. The van der Waals surface area contributed by atoms with E-state index in [0.717, 1.165) is 36.1 Å². The lowest BCUT2D eigenvalue weighted by molar-refractivity contribution is -0.112. The molecule has 0 aliphatic heterocycles. The molecule has 1 aliphatic rings. The quantitative estimate of drug-likeness (QED) is 0.189. The van der Waals surface area contributed by atoms with E-state index >= 15 is 0 Å². The predicted octanol–water partition coefficient (Wildman–Crippen LogP) is 7.55. The molecular formula is C27H24Cl2N2O4S. The van der Waals surface area contributed by atoms with Gasteiger partial charge in [0.1, 0.15) is 28.2 Å². The fourth-order valence-corrected chi connectivity index (χ4v) is 5.96. The molecule has 1 N–H and O–H groups in total. The summed E-state index contributed by atoms with van der Waals surface area (Å²) in [6.07, 6.45) is 5.01. The number of halogens is 2. The van der Waals surface area contributed by atoms with Crippen molar-refractivity contribution in [2.45, 2.75) is 39.5 Å². The highest BCUT2D eigenvalue weighted by Crippen LogP contribution is 2.41. The minimum atomic E-state index is -0.632. The van der Waals surface area contributed by atoms with Gasteiger partial charge in [0.15, 0.2) is 0 Å². The van der Waals surface area contributed by atoms with Crippen LogP contribution in [0.15, 0.2) is 40.3 Å². The first-order valence-electron chi connectivity index (χ1n) is 11.6. The Morgan fingerprint density at radius 3 is 2.81 bits per heavy atom. The summed E-state index contributed by atoms with van der Waals surface area (Å²) in [5.41, 5.74) is 1.77. The number of thiophene rings is 1. The third kappa shape index (κ3) is 5.52. The molecule has 6 nitrogen and oxygen atoms in total. The van der Waals surface area contributed by atoms with Gasteiger partial charge in [-0.05, 0) is 68.0 Å². The van der Waals surface area contributed by atoms with E-state index in [0.29, 0.717) is 43.6 Å². The van der Waals surface area contributed by atoms with E-state index in [9.17, 15) is 14.9 Å². The van der Waals surface area contributed by atoms with Crippen LogP contribution in [0.2, 0.25) is 10.0 Å². The zero-order valence-corrected chi connectivity index (χ0v) is 22.1. The van der Waals surface area contributed by atoms with E-state index in [1.165, 1.54) is 17.4 Å². The number of rotatable bonds is 7. The third-order valence-corrected chi connectivity index (χ3v) is 7.86. The first-order valence-corrected chi connectivity index (χ1v) is 13.2. The second-order valence-electron chi connectivity index (χ2n) is 8.40. The molecule has 1 aromatic carbocycles. The number of amides is 1. The van der Waals surface area contributed by atoms with Crippen molar-refractivity contribution in [2.75, 3.05) is 11.9 Å². The van der Waals surface area contributed by atoms with Crippen LogP contribution in [-0.4, -0.2) is 18.5 Å². The second kappa shape index (κ2) is 11.3. The van der Waals surface area contributed by atoms with Crippen LogP contribution in [0.4, 0.5) is 5.00 Å². The van der Waals surface area contributed by atoms with Crippen molar-refractivity contribution in [1.82, 2.24) is 0 Å². The highest BCUT2D eigenvalue weighted by atomic mass is 35.5. The lowest BCUT2D eigenvalue weighted by Gasteiger charge is -2.20. The number of hydrogen-bond donors (Lipinski definition) is 1. The first-order chi connectivity index (χ1) is 17.3. The maximum absolute atomic E-state index is 13.1. The average molecular weight is 543 g/mol. The van der Waals surface area contributed by atoms with Crippen LogP contribution in [-0.2, 0) is 22.4 Å². The number of carbonyl (C=O) groups excluding carboxylic acids is 2. The third-order valence-electron chi connectivity index (χ3n) is 6.12. The van der Waals surface area contributed by atoms with Crippen molar-refractivity contribution in [1.29, 1.82) is 5.26 Å². The number of esters is 1. The number of benzene rings is 1. The van der Waals surface area contributed by atoms with Crippen LogP contribution >= 0.6 is 34.5 Å². The maximum atomic E-state index is 13.1. The van der Waals surface area contributed by atoms with Gasteiger partial charge in [-0.1, -0.05) is 36.5 Å². The summed E-state index contributed by atoms with van der Waals surface area (Å²) in [5, 5.41) is 13.8. The molecule has 0 fully saturated rings. The summed E-state index contributed by atoms with van der Waals surface area (Å²) in [6, 6.07) is 10.3. The molecule has 1 amide bonds. The molecule has 2 aromatic heterocycles. The van der Waals surface area contributed by atoms with Gasteiger partial charge in [0, 0.05) is 21.5 Å². The molecule has 2 heterocycles. The zero-order chi connectivity index (χ0) is 25.8. The SMILES string of the molecule is CCOC(=O)c1c(NC(=O)/C(C#N)=C/c2ccc(-c3cc(Cl)ccc3Cl)o2)sc2c1CCC(CC)C2. The minimum absolute atomic E-state index is 0.166. The second-order valence-corrected chi connectivity index (χ2v) is 10.3. The highest BCUT2D eigenvalue weighted by molar-refractivity contribution is 7.17. The van der Waals surface area contributed by atoms with Crippen LogP contribution in [0.1, 0.15) is 53.2 Å². The normalized spacial score (nSPS) is 15.2. The van der Waals surface area contributed by atoms with Crippen molar-refractivity contribution in [3.8, 4) is 17.4 Å². The van der Waals surface area contributed by atoms with E-state index in [1.54, 1.807) is 37.3 Å². The van der Waals surface area contributed by atoms with E-state index in [4.69, 9.17) is 32.4 Å². The van der Waals surface area contributed by atoms with E-state index < -0.39 is 11.9 Å². The van der Waals surface area contributed by atoms with Crippen molar-refractivity contribution >= 4 is 57.5 Å². The number of nitrogens with one attached hydrogen (secondary N) is 1. The smallest absolute Gasteiger partial charge is 0.341 e. The number of carbonyl (C=O) groups is 2. The Morgan fingerprint density at radius 1 is 1.28 bits per heavy atom. The van der Waals surface area contributed by atoms with Crippen LogP contribution in [0, 0.1) is 17.2 Å². The summed E-state index contributed by atoms with van der Waals surface area (Å²) in [4.78, 5) is 26.9. The summed E-state index contributed by atoms with van der Waals surface area (Å²) in [6.45, 7) is 4.13. The molecular weight excluding hydrogens is 519 g/mol. The Balaban J connectivity index is 1.61. The van der Waals surface area contributed by atoms with E-state index in [-0.39, 0.29) is 12.2 Å². The standard InChI is InChI=1S/C27H24Cl2N2O4S/c1-3-15-5-8-19-23(11-15)36-26(24(19)27(33)34-4-2)31-25(32)16(14-30)12-18-7-10-22(35-18)20-13-17(28)6-9-21(20)29/h6-7,9-10,12-13,15H,3-5,8,11H2,1-2H3,(H,31,32)/b16-12+. The molecule has 0 saturated heterocycles. The molecule has 0 spiro atoms. The first kappa shape index (κ1) is 26.0. The van der Waals surface area contributed by atoms with Gasteiger partial charge in [0.2, 0.25) is 0 Å². The molecule has 1 atom stereocenters. The van der Waals surface area contributed by atoms with Gasteiger partial charge in [0.05, 0.1) is 17.2 Å². The fourth-order valence-electron chi connectivity index (χ4n) is 4.23. The summed E-state index contributed by atoms with van der Waals surface area (Å²) in [5.74, 6) is 0.205. The Morgan fingerprint density at radius 2 is 2.08 bits per heavy atom. The van der Waals surface area contributed by atoms with Gasteiger partial charge in [-0.25, -0.2) is 4.79 Å². The molecule has 0 bridgehead atoms. The van der Waals surface area contributed by atoms with Crippen molar-refractivity contribution in [3.05, 3.63) is 67.7 Å². The summed E-state index contributed by atoms with van der Waals surface area (Å²) < 4.78 is 11.1. The topological polar surface area (TPSA) is 92.3 Å². The number of ether oxygens (including phenoxy) is 1. The predicted molar refractivity (Wildman–Crippen MR) is 142 cm³/mol. The fraction of sp³-hybridized carbons (Fsp3) is 0.296. The van der Waals surface area contributed by atoms with Crippen molar-refractivity contribution in [3.63, 3.8) is 0 Å². The number of hydrogen-bond acceptors (Lipinski definition) is 6. The van der Waals surface area contributed by atoms with E-state index in [2.05, 4.69) is 12.2 Å². The molecule has 186 valence electrons. The Labute approximate surface area is 223 Å². The van der Waals surface area contributed by atoms with E-state index in [1.807, 2.05) is 6.07 Å². The van der Waals surface area contributed by atoms with Gasteiger partial charge in [0.25, 0.3) is 5.91 Å². The van der Waals surface area contributed by atoms with Gasteiger partial charge in [-0.3, -0.25) is 4.79 Å². The van der Waals surface area contributed by atoms with Crippen LogP contribution < -0.4 is 5.32 Å². The Kier molecular flexibility index (Phi) is 8.20. The van der Waals surface area contributed by atoms with Gasteiger partial charge >= 0.3 is 5.97 Å². The van der Waals surface area contributed by atoms with Gasteiger partial charge in [-0.15, -0.1) is 11.3 Å². The lowest BCUT2D eigenvalue weighted by atomic mass is 9.85. The summed E-state index contributed by atoms with van der Waals surface area (Å²) >= 11 is 13.7. The summed E-state index contributed by atoms with van der Waals surface area (Å²) in [7, 11) is 0. The lowest BCUT2D eigenvalue weighted by Crippen LogP contribution is -2.17. The van der Waals surface area contributed by atoms with Crippen molar-refractivity contribution < 1.29 is 18.7 Å². The molecule has 4 rings (SSSR count). The largest absolute Gasteiger partial charge is 0.462 e. The van der Waals surface area contributed by atoms with Crippen LogP contribution in [0.3, 0.4) is 0 Å². The molecule has 3 aromatic rings. The monoisotopic (exact) mass is 542 g/mol. The molecule has 0 radical (unpaired) electrons. The molecule has 36 heavy (non-hydrogen) atoms. The average Bonchev–Trinajstić information content (AvgIpc) is 3.47. The molecule has 1 unspecified atom stereocenters. The maximum Gasteiger partial charge on any atom is 0.341 e. The molecule has 1 aliphatic carbocycles. The van der Waals surface area contributed by atoms with Crippen LogP contribution in [0.5, 0.6) is 0 Å². The Bertz CT molecular complexity index is 1380. The van der Waals surface area contributed by atoms with Gasteiger partial charge in [-0.2, -0.15) is 5.26 Å². The van der Waals surface area contributed by atoms with Crippen molar-refractivity contribution in [2.24, 2.45) is 5.92 Å². The molecule has 0 saturated carbocycles. The van der Waals surface area contributed by atoms with Crippen LogP contribution in [0.25, 0.3) is 17.4 Å². The molecule has 9 heteroatoms. The number of anilines is 1. The highest BCUT2D eigenvalue weighted by Gasteiger charge is 2.30.